The molecule has 0 aliphatic rings. The Morgan fingerprint density at radius 3 is 2.29 bits per heavy atom. The minimum absolute atomic E-state index is 0.171. The predicted octanol–water partition coefficient (Wildman–Crippen LogP) is 3.92. The number of hydrogen-bond acceptors (Lipinski definition) is 6. The molecule has 1 aromatic carbocycles. The number of esters is 1. The summed E-state index contributed by atoms with van der Waals surface area (Å²) in [6, 6.07) is 8.15. The van der Waals surface area contributed by atoms with Crippen molar-refractivity contribution >= 4 is 5.97 Å². The molecule has 0 aliphatic carbocycles. The average molecular weight is 463 g/mol. The number of benzene rings is 1. The molecular formula is C25H27FN6O2. The summed E-state index contributed by atoms with van der Waals surface area (Å²) in [7, 11) is 0. The summed E-state index contributed by atoms with van der Waals surface area (Å²) in [5, 5.41) is 9.25. The number of ether oxygens (including phenoxy) is 1. The fraction of sp³-hybridized carbons (Fsp3) is 0.320. The van der Waals surface area contributed by atoms with Crippen molar-refractivity contribution in [3.05, 3.63) is 82.1 Å². The molecule has 0 saturated heterocycles. The lowest BCUT2D eigenvalue weighted by Crippen LogP contribution is -2.09. The van der Waals surface area contributed by atoms with Crippen molar-refractivity contribution < 1.29 is 13.9 Å². The number of aryl methyl sites for hydroxylation is 2. The van der Waals surface area contributed by atoms with Gasteiger partial charge in [0, 0.05) is 35.0 Å². The summed E-state index contributed by atoms with van der Waals surface area (Å²) in [6.07, 6.45) is 2.25. The largest absolute Gasteiger partial charge is 0.466 e. The number of halogens is 1. The van der Waals surface area contributed by atoms with E-state index in [0.29, 0.717) is 18.8 Å². The monoisotopic (exact) mass is 462 g/mol. The van der Waals surface area contributed by atoms with Gasteiger partial charge in [0.05, 0.1) is 35.8 Å². The molecule has 3 heterocycles. The second-order valence-corrected chi connectivity index (χ2v) is 8.12. The number of aromatic nitrogens is 6. The summed E-state index contributed by atoms with van der Waals surface area (Å²) in [6.45, 7) is 9.86. The Hall–Kier alpha value is -3.88. The fourth-order valence-corrected chi connectivity index (χ4v) is 4.05. The minimum atomic E-state index is -0.284. The molecule has 34 heavy (non-hydrogen) atoms. The van der Waals surface area contributed by atoms with Gasteiger partial charge < -0.3 is 4.74 Å². The SMILES string of the molecule is CCOC(=O)Cc1c(C)nn(-c2cc(Cc3c(C)nn(-c4ccc(F)cc4)c3C)ncn2)c1C. The minimum Gasteiger partial charge on any atom is -0.466 e. The van der Waals surface area contributed by atoms with Gasteiger partial charge in [0.15, 0.2) is 5.82 Å². The van der Waals surface area contributed by atoms with E-state index in [0.717, 1.165) is 45.3 Å². The Bertz CT molecular complexity index is 1340. The maximum absolute atomic E-state index is 13.3. The molecule has 0 saturated carbocycles. The van der Waals surface area contributed by atoms with Gasteiger partial charge in [0.25, 0.3) is 0 Å². The summed E-state index contributed by atoms with van der Waals surface area (Å²) in [5.74, 6) is 0.0660. The van der Waals surface area contributed by atoms with Crippen LogP contribution in [0.3, 0.4) is 0 Å². The third-order valence-electron chi connectivity index (χ3n) is 5.86. The normalized spacial score (nSPS) is 11.1. The van der Waals surface area contributed by atoms with Gasteiger partial charge in [-0.15, -0.1) is 0 Å². The lowest BCUT2D eigenvalue weighted by molar-refractivity contribution is -0.142. The first-order valence-electron chi connectivity index (χ1n) is 11.1. The van der Waals surface area contributed by atoms with Crippen LogP contribution in [0.15, 0.2) is 36.7 Å². The molecule has 4 aromatic rings. The van der Waals surface area contributed by atoms with Crippen molar-refractivity contribution in [2.45, 2.75) is 47.5 Å². The Morgan fingerprint density at radius 2 is 1.59 bits per heavy atom. The first-order valence-corrected chi connectivity index (χ1v) is 11.1. The van der Waals surface area contributed by atoms with Crippen LogP contribution in [-0.2, 0) is 22.4 Å². The second-order valence-electron chi connectivity index (χ2n) is 8.12. The summed E-state index contributed by atoms with van der Waals surface area (Å²) in [5.41, 5.74) is 6.94. The van der Waals surface area contributed by atoms with Crippen LogP contribution in [0.5, 0.6) is 0 Å². The lowest BCUT2D eigenvalue weighted by atomic mass is 10.1. The summed E-state index contributed by atoms with van der Waals surface area (Å²) < 4.78 is 22.0. The van der Waals surface area contributed by atoms with Crippen LogP contribution < -0.4 is 0 Å². The van der Waals surface area contributed by atoms with Crippen molar-refractivity contribution in [3.8, 4) is 11.5 Å². The molecule has 4 rings (SSSR count). The van der Waals surface area contributed by atoms with Crippen molar-refractivity contribution in [2.75, 3.05) is 6.61 Å². The van der Waals surface area contributed by atoms with E-state index in [4.69, 9.17) is 4.74 Å². The lowest BCUT2D eigenvalue weighted by Gasteiger charge is -2.08. The van der Waals surface area contributed by atoms with E-state index in [-0.39, 0.29) is 18.2 Å². The van der Waals surface area contributed by atoms with E-state index in [1.807, 2.05) is 38.4 Å². The number of nitrogens with zero attached hydrogens (tertiary/aromatic N) is 6. The highest BCUT2D eigenvalue weighted by Crippen LogP contribution is 2.22. The maximum Gasteiger partial charge on any atom is 0.310 e. The van der Waals surface area contributed by atoms with Gasteiger partial charge in [0.2, 0.25) is 0 Å². The van der Waals surface area contributed by atoms with Gasteiger partial charge in [-0.3, -0.25) is 4.79 Å². The highest BCUT2D eigenvalue weighted by Gasteiger charge is 2.19. The van der Waals surface area contributed by atoms with Crippen LogP contribution in [0.25, 0.3) is 11.5 Å². The van der Waals surface area contributed by atoms with Crippen molar-refractivity contribution in [1.82, 2.24) is 29.5 Å². The van der Waals surface area contributed by atoms with Crippen molar-refractivity contribution in [1.29, 1.82) is 0 Å². The predicted molar refractivity (Wildman–Crippen MR) is 125 cm³/mol. The average Bonchev–Trinajstić information content (AvgIpc) is 3.25. The van der Waals surface area contributed by atoms with Crippen molar-refractivity contribution in [2.24, 2.45) is 0 Å². The van der Waals surface area contributed by atoms with Gasteiger partial charge >= 0.3 is 5.97 Å². The van der Waals surface area contributed by atoms with Gasteiger partial charge in [-0.2, -0.15) is 10.2 Å². The molecule has 176 valence electrons. The van der Waals surface area contributed by atoms with E-state index in [9.17, 15) is 9.18 Å². The second kappa shape index (κ2) is 9.54. The van der Waals surface area contributed by atoms with E-state index in [1.54, 1.807) is 23.7 Å². The quantitative estimate of drug-likeness (QED) is 0.387. The first kappa shape index (κ1) is 23.3. The molecule has 8 nitrogen and oxygen atoms in total. The molecule has 9 heteroatoms. The fourth-order valence-electron chi connectivity index (χ4n) is 4.05. The Kier molecular flexibility index (Phi) is 6.54. The van der Waals surface area contributed by atoms with Crippen LogP contribution >= 0.6 is 0 Å². The first-order chi connectivity index (χ1) is 16.3. The van der Waals surface area contributed by atoms with E-state index < -0.39 is 0 Å². The molecule has 0 atom stereocenters. The number of hydrogen-bond donors (Lipinski definition) is 0. The van der Waals surface area contributed by atoms with Gasteiger partial charge in [-0.25, -0.2) is 23.7 Å². The van der Waals surface area contributed by atoms with Gasteiger partial charge in [0.1, 0.15) is 12.1 Å². The molecular weight excluding hydrogens is 435 g/mol. The highest BCUT2D eigenvalue weighted by atomic mass is 19.1. The molecule has 3 aromatic heterocycles. The third-order valence-corrected chi connectivity index (χ3v) is 5.86. The maximum atomic E-state index is 13.3. The van der Waals surface area contributed by atoms with Crippen LogP contribution in [0.1, 0.15) is 46.5 Å². The molecule has 0 fully saturated rings. The van der Waals surface area contributed by atoms with E-state index in [1.165, 1.54) is 18.5 Å². The zero-order chi connectivity index (χ0) is 24.4. The molecule has 0 aliphatic heterocycles. The molecule has 0 amide bonds. The topological polar surface area (TPSA) is 87.7 Å². The van der Waals surface area contributed by atoms with E-state index in [2.05, 4.69) is 20.2 Å². The zero-order valence-corrected chi connectivity index (χ0v) is 20.0. The summed E-state index contributed by atoms with van der Waals surface area (Å²) in [4.78, 5) is 20.9. The van der Waals surface area contributed by atoms with Gasteiger partial charge in [-0.1, -0.05) is 0 Å². The number of carbonyl (C=O) groups excluding carboxylic acids is 1. The Labute approximate surface area is 197 Å². The molecule has 0 radical (unpaired) electrons. The third kappa shape index (κ3) is 4.59. The van der Waals surface area contributed by atoms with Crippen LogP contribution in [-0.4, -0.2) is 42.1 Å². The smallest absolute Gasteiger partial charge is 0.310 e. The highest BCUT2D eigenvalue weighted by molar-refractivity contribution is 5.73. The Balaban J connectivity index is 1.62. The Morgan fingerprint density at radius 1 is 0.941 bits per heavy atom. The van der Waals surface area contributed by atoms with Crippen molar-refractivity contribution in [3.63, 3.8) is 0 Å². The van der Waals surface area contributed by atoms with Crippen LogP contribution in [0, 0.1) is 33.5 Å². The molecule has 0 N–H and O–H groups in total. The van der Waals surface area contributed by atoms with E-state index >= 15 is 0 Å². The molecule has 0 bridgehead atoms. The van der Waals surface area contributed by atoms with Gasteiger partial charge in [-0.05, 0) is 58.9 Å². The number of carbonyl (C=O) groups is 1. The summed E-state index contributed by atoms with van der Waals surface area (Å²) >= 11 is 0. The molecule has 0 spiro atoms. The zero-order valence-electron chi connectivity index (χ0n) is 20.0. The standard InChI is InChI=1S/C25H27FN6O2/c1-6-34-25(33)13-23-16(3)30-32(18(23)5)24-12-20(27-14-28-24)11-22-15(2)29-31(17(22)4)21-9-7-19(26)8-10-21/h7-10,12,14H,6,11,13H2,1-5H3. The van der Waals surface area contributed by atoms with Crippen LogP contribution in [0.4, 0.5) is 4.39 Å². The molecule has 0 unspecified atom stereocenters. The van der Waals surface area contributed by atoms with Crippen LogP contribution in [0.2, 0.25) is 0 Å². The number of rotatable bonds is 7.